The number of nitrogens with one attached hydrogen (secondary N) is 1. The van der Waals surface area contributed by atoms with Crippen molar-refractivity contribution in [3.8, 4) is 11.5 Å². The van der Waals surface area contributed by atoms with Crippen LogP contribution in [0.1, 0.15) is 5.56 Å². The third-order valence-corrected chi connectivity index (χ3v) is 2.94. The fraction of sp³-hybridized carbons (Fsp3) is 0.176. The first-order valence-electron chi connectivity index (χ1n) is 6.63. The first kappa shape index (κ1) is 14.9. The smallest absolute Gasteiger partial charge is 0.165 e. The molecule has 3 nitrogen and oxygen atoms in total. The van der Waals surface area contributed by atoms with Crippen LogP contribution in [0.3, 0.4) is 0 Å². The van der Waals surface area contributed by atoms with Crippen LogP contribution in [0.2, 0.25) is 0 Å². The lowest BCUT2D eigenvalue weighted by Gasteiger charge is -2.09. The van der Waals surface area contributed by atoms with Crippen molar-refractivity contribution < 1.29 is 13.9 Å². The van der Waals surface area contributed by atoms with Gasteiger partial charge >= 0.3 is 0 Å². The highest BCUT2D eigenvalue weighted by Crippen LogP contribution is 2.22. The van der Waals surface area contributed by atoms with Gasteiger partial charge in [-0.05, 0) is 29.8 Å². The van der Waals surface area contributed by atoms with Crippen LogP contribution in [0.5, 0.6) is 11.5 Å². The number of halogens is 1. The Morgan fingerprint density at radius 2 is 1.95 bits per heavy atom. The molecule has 21 heavy (non-hydrogen) atoms. The molecule has 2 aromatic carbocycles. The van der Waals surface area contributed by atoms with Crippen LogP contribution < -0.4 is 14.8 Å². The molecule has 0 saturated heterocycles. The Morgan fingerprint density at radius 1 is 1.19 bits per heavy atom. The van der Waals surface area contributed by atoms with Crippen LogP contribution >= 0.6 is 0 Å². The van der Waals surface area contributed by atoms with Crippen molar-refractivity contribution in [3.05, 3.63) is 66.5 Å². The fourth-order valence-electron chi connectivity index (χ4n) is 1.83. The molecule has 2 rings (SSSR count). The first-order valence-corrected chi connectivity index (χ1v) is 6.63. The number of ether oxygens (including phenoxy) is 2. The highest BCUT2D eigenvalue weighted by molar-refractivity contribution is 5.49. The minimum Gasteiger partial charge on any atom is -0.494 e. The van der Waals surface area contributed by atoms with Crippen LogP contribution in [-0.2, 0) is 6.54 Å². The van der Waals surface area contributed by atoms with Crippen LogP contribution in [0, 0.1) is 5.82 Å². The second-order valence-corrected chi connectivity index (χ2v) is 4.45. The minimum absolute atomic E-state index is 0.230. The first-order chi connectivity index (χ1) is 10.2. The van der Waals surface area contributed by atoms with Crippen molar-refractivity contribution in [1.82, 2.24) is 0 Å². The molecule has 4 heteroatoms. The lowest BCUT2D eigenvalue weighted by Crippen LogP contribution is -2.00. The number of hydrogen-bond donors (Lipinski definition) is 1. The maximum atomic E-state index is 13.3. The molecule has 0 bridgehead atoms. The molecule has 0 aliphatic carbocycles. The summed E-state index contributed by atoms with van der Waals surface area (Å²) in [7, 11) is 1.45. The Kier molecular flexibility index (Phi) is 5.21. The van der Waals surface area contributed by atoms with Crippen molar-refractivity contribution in [1.29, 1.82) is 0 Å². The molecule has 0 radical (unpaired) electrons. The second-order valence-electron chi connectivity index (χ2n) is 4.45. The van der Waals surface area contributed by atoms with Gasteiger partial charge in [-0.25, -0.2) is 4.39 Å². The minimum atomic E-state index is -0.369. The van der Waals surface area contributed by atoms with E-state index >= 15 is 0 Å². The van der Waals surface area contributed by atoms with E-state index in [4.69, 9.17) is 9.47 Å². The molecule has 0 aliphatic heterocycles. The standard InChI is InChI=1S/C17H18FNO2/c1-3-10-21-15-7-4-13(5-8-15)12-19-14-6-9-16(18)17(11-14)20-2/h3-9,11,19H,1,10,12H2,2H3. The van der Waals surface area contributed by atoms with Crippen LogP contribution in [0.15, 0.2) is 55.1 Å². The van der Waals surface area contributed by atoms with Crippen molar-refractivity contribution in [2.45, 2.75) is 6.54 Å². The van der Waals surface area contributed by atoms with Gasteiger partial charge in [-0.1, -0.05) is 24.8 Å². The molecule has 110 valence electrons. The summed E-state index contributed by atoms with van der Waals surface area (Å²) in [6.07, 6.45) is 1.71. The molecule has 0 heterocycles. The van der Waals surface area contributed by atoms with Gasteiger partial charge in [-0.15, -0.1) is 0 Å². The van der Waals surface area contributed by atoms with Crippen LogP contribution in [0.4, 0.5) is 10.1 Å². The van der Waals surface area contributed by atoms with E-state index < -0.39 is 0 Å². The summed E-state index contributed by atoms with van der Waals surface area (Å²) in [5, 5.41) is 3.22. The van der Waals surface area contributed by atoms with E-state index in [9.17, 15) is 4.39 Å². The topological polar surface area (TPSA) is 30.5 Å². The summed E-state index contributed by atoms with van der Waals surface area (Å²) in [5.74, 6) is 0.669. The number of benzene rings is 2. The van der Waals surface area contributed by atoms with E-state index in [1.54, 1.807) is 18.2 Å². The van der Waals surface area contributed by atoms with Crippen molar-refractivity contribution in [2.75, 3.05) is 19.0 Å². The zero-order valence-electron chi connectivity index (χ0n) is 11.9. The lowest BCUT2D eigenvalue weighted by atomic mass is 10.2. The molecule has 0 unspecified atom stereocenters. The molecule has 0 fully saturated rings. The highest BCUT2D eigenvalue weighted by atomic mass is 19.1. The van der Waals surface area contributed by atoms with E-state index in [-0.39, 0.29) is 11.6 Å². The third kappa shape index (κ3) is 4.24. The molecule has 0 spiro atoms. The summed E-state index contributed by atoms with van der Waals surface area (Å²) < 4.78 is 23.7. The SMILES string of the molecule is C=CCOc1ccc(CNc2ccc(F)c(OC)c2)cc1. The van der Waals surface area contributed by atoms with Crippen molar-refractivity contribution in [3.63, 3.8) is 0 Å². The molecule has 0 atom stereocenters. The summed E-state index contributed by atoms with van der Waals surface area (Å²) >= 11 is 0. The van der Waals surface area contributed by atoms with Gasteiger partial charge in [0.25, 0.3) is 0 Å². The van der Waals surface area contributed by atoms with Gasteiger partial charge in [0.2, 0.25) is 0 Å². The average molecular weight is 287 g/mol. The number of anilines is 1. The van der Waals surface area contributed by atoms with Gasteiger partial charge < -0.3 is 14.8 Å². The highest BCUT2D eigenvalue weighted by Gasteiger charge is 2.03. The predicted molar refractivity (Wildman–Crippen MR) is 82.4 cm³/mol. The van der Waals surface area contributed by atoms with Gasteiger partial charge in [0, 0.05) is 18.3 Å². The van der Waals surface area contributed by atoms with Crippen molar-refractivity contribution in [2.24, 2.45) is 0 Å². The maximum Gasteiger partial charge on any atom is 0.165 e. The maximum absolute atomic E-state index is 13.3. The van der Waals surface area contributed by atoms with E-state index in [1.807, 2.05) is 24.3 Å². The lowest BCUT2D eigenvalue weighted by molar-refractivity contribution is 0.363. The van der Waals surface area contributed by atoms with Crippen molar-refractivity contribution >= 4 is 5.69 Å². The quantitative estimate of drug-likeness (QED) is 0.780. The average Bonchev–Trinajstić information content (AvgIpc) is 2.53. The zero-order chi connectivity index (χ0) is 15.1. The third-order valence-electron chi connectivity index (χ3n) is 2.94. The molecule has 0 aromatic heterocycles. The molecule has 0 saturated carbocycles. The van der Waals surface area contributed by atoms with Gasteiger partial charge in [-0.3, -0.25) is 0 Å². The Labute approximate surface area is 124 Å². The largest absolute Gasteiger partial charge is 0.494 e. The monoisotopic (exact) mass is 287 g/mol. The van der Waals surface area contributed by atoms with Gasteiger partial charge in [0.05, 0.1) is 7.11 Å². The normalized spacial score (nSPS) is 10.0. The molecule has 2 aromatic rings. The molecular weight excluding hydrogens is 269 g/mol. The summed E-state index contributed by atoms with van der Waals surface area (Å²) in [6, 6.07) is 12.5. The molecule has 1 N–H and O–H groups in total. The Balaban J connectivity index is 1.94. The van der Waals surface area contributed by atoms with E-state index in [0.29, 0.717) is 13.2 Å². The number of hydrogen-bond acceptors (Lipinski definition) is 3. The van der Waals surface area contributed by atoms with Crippen LogP contribution in [0.25, 0.3) is 0 Å². The Morgan fingerprint density at radius 3 is 2.62 bits per heavy atom. The predicted octanol–water partition coefficient (Wildman–Crippen LogP) is 4.01. The fourth-order valence-corrected chi connectivity index (χ4v) is 1.83. The second kappa shape index (κ2) is 7.33. The summed E-state index contributed by atoms with van der Waals surface area (Å²) in [6.45, 7) is 4.73. The summed E-state index contributed by atoms with van der Waals surface area (Å²) in [5.41, 5.74) is 1.91. The van der Waals surface area contributed by atoms with E-state index in [2.05, 4.69) is 11.9 Å². The van der Waals surface area contributed by atoms with Crippen LogP contribution in [-0.4, -0.2) is 13.7 Å². The Hall–Kier alpha value is -2.49. The van der Waals surface area contributed by atoms with Gasteiger partial charge in [0.1, 0.15) is 12.4 Å². The number of methoxy groups -OCH3 is 1. The zero-order valence-corrected chi connectivity index (χ0v) is 11.9. The number of rotatable bonds is 7. The molecule has 0 amide bonds. The van der Waals surface area contributed by atoms with E-state index in [0.717, 1.165) is 17.0 Å². The summed E-state index contributed by atoms with van der Waals surface area (Å²) in [4.78, 5) is 0. The van der Waals surface area contributed by atoms with Gasteiger partial charge in [-0.2, -0.15) is 0 Å². The molecular formula is C17H18FNO2. The molecule has 0 aliphatic rings. The van der Waals surface area contributed by atoms with E-state index in [1.165, 1.54) is 13.2 Å². The Bertz CT molecular complexity index is 596. The van der Waals surface area contributed by atoms with Gasteiger partial charge in [0.15, 0.2) is 11.6 Å².